The number of nitrogens with zero attached hydrogens (tertiary/aromatic N) is 1. The van der Waals surface area contributed by atoms with Gasteiger partial charge < -0.3 is 5.32 Å². The van der Waals surface area contributed by atoms with Gasteiger partial charge in [-0.2, -0.15) is 0 Å². The van der Waals surface area contributed by atoms with E-state index in [0.717, 1.165) is 30.0 Å². The van der Waals surface area contributed by atoms with Crippen LogP contribution in [0.4, 0.5) is 0 Å². The molecule has 3 aliphatic carbocycles. The molecule has 20 heavy (non-hydrogen) atoms. The lowest BCUT2D eigenvalue weighted by atomic mass is 9.84. The molecule has 0 amide bonds. The molecule has 1 heterocycles. The first-order valence-electron chi connectivity index (χ1n) is 9.37. The van der Waals surface area contributed by atoms with Crippen molar-refractivity contribution < 1.29 is 0 Å². The minimum atomic E-state index is 0.802. The van der Waals surface area contributed by atoms with E-state index in [0.29, 0.717) is 0 Å². The van der Waals surface area contributed by atoms with Crippen molar-refractivity contribution in [2.75, 3.05) is 13.1 Å². The third-order valence-corrected chi connectivity index (χ3v) is 6.35. The topological polar surface area (TPSA) is 15.3 Å². The van der Waals surface area contributed by atoms with Gasteiger partial charge in [0.05, 0.1) is 0 Å². The highest BCUT2D eigenvalue weighted by molar-refractivity contribution is 4.93. The van der Waals surface area contributed by atoms with Crippen LogP contribution in [0, 0.1) is 11.8 Å². The Bertz CT molecular complexity index is 315. The molecule has 1 N–H and O–H groups in total. The van der Waals surface area contributed by atoms with E-state index in [1.807, 2.05) is 0 Å². The fourth-order valence-electron chi connectivity index (χ4n) is 4.83. The highest BCUT2D eigenvalue weighted by Gasteiger charge is 2.36. The first-order valence-corrected chi connectivity index (χ1v) is 9.37. The summed E-state index contributed by atoms with van der Waals surface area (Å²) in [6.07, 6.45) is 16.3. The van der Waals surface area contributed by atoms with E-state index in [2.05, 4.69) is 10.2 Å². The third-order valence-electron chi connectivity index (χ3n) is 6.35. The van der Waals surface area contributed by atoms with Crippen molar-refractivity contribution in [3.8, 4) is 0 Å². The van der Waals surface area contributed by atoms with Crippen LogP contribution >= 0.6 is 0 Å². The molecule has 3 saturated carbocycles. The van der Waals surface area contributed by atoms with Crippen LogP contribution < -0.4 is 5.32 Å². The van der Waals surface area contributed by atoms with Gasteiger partial charge in [0, 0.05) is 31.2 Å². The molecule has 2 unspecified atom stereocenters. The number of piperidine rings is 1. The molecule has 4 rings (SSSR count). The smallest absolute Gasteiger partial charge is 0.0200 e. The van der Waals surface area contributed by atoms with E-state index in [-0.39, 0.29) is 0 Å². The number of likely N-dealkylation sites (tertiary alicyclic amines) is 1. The first-order chi connectivity index (χ1) is 9.87. The monoisotopic (exact) mass is 276 g/mol. The van der Waals surface area contributed by atoms with Crippen molar-refractivity contribution in [1.29, 1.82) is 0 Å². The maximum Gasteiger partial charge on any atom is 0.0200 e. The van der Waals surface area contributed by atoms with Crippen molar-refractivity contribution in [2.24, 2.45) is 11.8 Å². The Hall–Kier alpha value is -0.0800. The highest BCUT2D eigenvalue weighted by atomic mass is 15.2. The maximum atomic E-state index is 4.03. The van der Waals surface area contributed by atoms with E-state index in [4.69, 9.17) is 0 Å². The number of rotatable bonds is 5. The Morgan fingerprint density at radius 1 is 0.750 bits per heavy atom. The van der Waals surface area contributed by atoms with Gasteiger partial charge in [-0.25, -0.2) is 0 Å². The quantitative estimate of drug-likeness (QED) is 0.826. The Morgan fingerprint density at radius 3 is 2.20 bits per heavy atom. The second kappa shape index (κ2) is 5.96. The van der Waals surface area contributed by atoms with Crippen LogP contribution in [-0.2, 0) is 0 Å². The molecule has 0 spiro atoms. The molecule has 2 atom stereocenters. The Labute approximate surface area is 124 Å². The summed E-state index contributed by atoms with van der Waals surface area (Å²) >= 11 is 0. The van der Waals surface area contributed by atoms with Gasteiger partial charge >= 0.3 is 0 Å². The standard InChI is InChI=1S/C18H32N2/c1-2-5-16(4-1)19-17-11-15(10-14-8-9-14)12-20(13-17)18-6-3-7-18/h14-19H,1-13H2. The summed E-state index contributed by atoms with van der Waals surface area (Å²) in [4.78, 5) is 2.87. The van der Waals surface area contributed by atoms with E-state index in [1.54, 1.807) is 0 Å². The van der Waals surface area contributed by atoms with Crippen molar-refractivity contribution in [3.63, 3.8) is 0 Å². The first kappa shape index (κ1) is 13.6. The van der Waals surface area contributed by atoms with Crippen LogP contribution in [0.1, 0.15) is 70.6 Å². The summed E-state index contributed by atoms with van der Waals surface area (Å²) in [5, 5.41) is 4.03. The summed E-state index contributed by atoms with van der Waals surface area (Å²) in [5.41, 5.74) is 0. The lowest BCUT2D eigenvalue weighted by Gasteiger charge is -2.46. The van der Waals surface area contributed by atoms with Crippen LogP contribution in [-0.4, -0.2) is 36.1 Å². The zero-order valence-corrected chi connectivity index (χ0v) is 13.0. The summed E-state index contributed by atoms with van der Waals surface area (Å²) in [6.45, 7) is 2.77. The lowest BCUT2D eigenvalue weighted by Crippen LogP contribution is -2.55. The molecule has 0 bridgehead atoms. The lowest BCUT2D eigenvalue weighted by molar-refractivity contribution is 0.0520. The van der Waals surface area contributed by atoms with E-state index >= 15 is 0 Å². The summed E-state index contributed by atoms with van der Waals surface area (Å²) < 4.78 is 0. The van der Waals surface area contributed by atoms with Gasteiger partial charge in [-0.05, 0) is 50.4 Å². The Balaban J connectivity index is 1.35. The largest absolute Gasteiger partial charge is 0.310 e. The molecule has 4 fully saturated rings. The van der Waals surface area contributed by atoms with Gasteiger partial charge in [0.25, 0.3) is 0 Å². The van der Waals surface area contributed by atoms with E-state index in [9.17, 15) is 0 Å². The van der Waals surface area contributed by atoms with Crippen molar-refractivity contribution in [1.82, 2.24) is 10.2 Å². The van der Waals surface area contributed by atoms with Crippen LogP contribution in [0.3, 0.4) is 0 Å². The van der Waals surface area contributed by atoms with Gasteiger partial charge in [0.2, 0.25) is 0 Å². The average molecular weight is 276 g/mol. The summed E-state index contributed by atoms with van der Waals surface area (Å²) in [7, 11) is 0. The average Bonchev–Trinajstić information content (AvgIpc) is 3.01. The molecule has 2 nitrogen and oxygen atoms in total. The van der Waals surface area contributed by atoms with Gasteiger partial charge in [0.1, 0.15) is 0 Å². The molecular formula is C18H32N2. The predicted molar refractivity (Wildman–Crippen MR) is 83.8 cm³/mol. The number of nitrogens with one attached hydrogen (secondary N) is 1. The maximum absolute atomic E-state index is 4.03. The molecule has 114 valence electrons. The number of hydrogen-bond acceptors (Lipinski definition) is 2. The molecule has 2 heteroatoms. The Morgan fingerprint density at radius 2 is 1.55 bits per heavy atom. The second-order valence-electron chi connectivity index (χ2n) is 8.16. The van der Waals surface area contributed by atoms with Crippen molar-refractivity contribution >= 4 is 0 Å². The summed E-state index contributed by atoms with van der Waals surface area (Å²) in [5.74, 6) is 2.10. The van der Waals surface area contributed by atoms with E-state index < -0.39 is 0 Å². The fraction of sp³-hybridized carbons (Fsp3) is 1.00. The van der Waals surface area contributed by atoms with Gasteiger partial charge in [0.15, 0.2) is 0 Å². The zero-order chi connectivity index (χ0) is 13.4. The molecule has 0 radical (unpaired) electrons. The molecule has 0 aromatic rings. The molecule has 1 saturated heterocycles. The highest BCUT2D eigenvalue weighted by Crippen LogP contribution is 2.39. The zero-order valence-electron chi connectivity index (χ0n) is 13.0. The SMILES string of the molecule is C1CCC(NC2CC(CC3CC3)CN(C3CCC3)C2)C1. The number of hydrogen-bond donors (Lipinski definition) is 1. The van der Waals surface area contributed by atoms with Gasteiger partial charge in [-0.1, -0.05) is 32.1 Å². The molecule has 1 aliphatic heterocycles. The molecule has 0 aromatic heterocycles. The minimum Gasteiger partial charge on any atom is -0.310 e. The normalized spacial score (nSPS) is 37.2. The van der Waals surface area contributed by atoms with Crippen LogP contribution in [0.25, 0.3) is 0 Å². The Kier molecular flexibility index (Phi) is 4.05. The molecular weight excluding hydrogens is 244 g/mol. The van der Waals surface area contributed by atoms with Crippen LogP contribution in [0.15, 0.2) is 0 Å². The van der Waals surface area contributed by atoms with Crippen molar-refractivity contribution in [2.45, 2.75) is 88.8 Å². The molecule has 0 aromatic carbocycles. The molecule has 4 aliphatic rings. The predicted octanol–water partition coefficient (Wildman–Crippen LogP) is 3.56. The van der Waals surface area contributed by atoms with Gasteiger partial charge in [-0.15, -0.1) is 0 Å². The van der Waals surface area contributed by atoms with Crippen LogP contribution in [0.5, 0.6) is 0 Å². The van der Waals surface area contributed by atoms with Gasteiger partial charge in [-0.3, -0.25) is 4.90 Å². The fourth-order valence-corrected chi connectivity index (χ4v) is 4.83. The third kappa shape index (κ3) is 3.22. The minimum absolute atomic E-state index is 0.802. The second-order valence-corrected chi connectivity index (χ2v) is 8.16. The van der Waals surface area contributed by atoms with Crippen LogP contribution in [0.2, 0.25) is 0 Å². The van der Waals surface area contributed by atoms with Crippen molar-refractivity contribution in [3.05, 3.63) is 0 Å². The van der Waals surface area contributed by atoms with E-state index in [1.165, 1.54) is 83.7 Å². The summed E-state index contributed by atoms with van der Waals surface area (Å²) in [6, 6.07) is 2.60.